The van der Waals surface area contributed by atoms with E-state index in [0.717, 1.165) is 24.6 Å². The second-order valence-corrected chi connectivity index (χ2v) is 5.24. The summed E-state index contributed by atoms with van der Waals surface area (Å²) < 4.78 is 7.46. The Bertz CT molecular complexity index is 524. The SMILES string of the molecule is C=CCOCc1cc(Br)cc2c(I)n[nH]c12. The normalized spacial score (nSPS) is 10.9. The molecule has 84 valence electrons. The monoisotopic (exact) mass is 392 g/mol. The minimum Gasteiger partial charge on any atom is -0.373 e. The molecular weight excluding hydrogens is 383 g/mol. The zero-order valence-corrected chi connectivity index (χ0v) is 12.2. The van der Waals surface area contributed by atoms with Crippen LogP contribution in [0.4, 0.5) is 0 Å². The van der Waals surface area contributed by atoms with Gasteiger partial charge in [0.15, 0.2) is 0 Å². The summed E-state index contributed by atoms with van der Waals surface area (Å²) in [6.45, 7) is 4.73. The van der Waals surface area contributed by atoms with Gasteiger partial charge in [-0.2, -0.15) is 5.10 Å². The molecule has 0 spiro atoms. The molecule has 1 aromatic carbocycles. The lowest BCUT2D eigenvalue weighted by molar-refractivity contribution is 0.149. The molecule has 0 aliphatic rings. The van der Waals surface area contributed by atoms with E-state index in [9.17, 15) is 0 Å². The van der Waals surface area contributed by atoms with Crippen molar-refractivity contribution in [3.8, 4) is 0 Å². The van der Waals surface area contributed by atoms with E-state index in [-0.39, 0.29) is 0 Å². The molecule has 0 bridgehead atoms. The van der Waals surface area contributed by atoms with E-state index >= 15 is 0 Å². The average molecular weight is 393 g/mol. The largest absolute Gasteiger partial charge is 0.373 e. The van der Waals surface area contributed by atoms with Crippen molar-refractivity contribution in [1.82, 2.24) is 10.2 Å². The third-order valence-electron chi connectivity index (χ3n) is 2.17. The molecule has 1 N–H and O–H groups in total. The molecular formula is C11H10BrIN2O. The first-order chi connectivity index (χ1) is 7.72. The molecule has 5 heteroatoms. The van der Waals surface area contributed by atoms with Gasteiger partial charge in [0.05, 0.1) is 18.7 Å². The Kier molecular flexibility index (Phi) is 3.99. The highest BCUT2D eigenvalue weighted by Gasteiger charge is 2.08. The zero-order valence-electron chi connectivity index (χ0n) is 8.46. The van der Waals surface area contributed by atoms with Crippen LogP contribution in [0.1, 0.15) is 5.56 Å². The Labute approximate surface area is 116 Å². The fourth-order valence-electron chi connectivity index (χ4n) is 1.49. The zero-order chi connectivity index (χ0) is 11.5. The molecule has 16 heavy (non-hydrogen) atoms. The van der Waals surface area contributed by atoms with Crippen molar-refractivity contribution in [1.29, 1.82) is 0 Å². The highest BCUT2D eigenvalue weighted by molar-refractivity contribution is 14.1. The van der Waals surface area contributed by atoms with Gasteiger partial charge < -0.3 is 4.74 Å². The van der Waals surface area contributed by atoms with Gasteiger partial charge in [-0.3, -0.25) is 5.10 Å². The topological polar surface area (TPSA) is 37.9 Å². The highest BCUT2D eigenvalue weighted by Crippen LogP contribution is 2.26. The number of ether oxygens (including phenoxy) is 1. The second-order valence-electron chi connectivity index (χ2n) is 3.31. The van der Waals surface area contributed by atoms with Crippen LogP contribution in [0.5, 0.6) is 0 Å². The number of hydrogen-bond acceptors (Lipinski definition) is 2. The standard InChI is InChI=1S/C11H10BrIN2O/c1-2-3-16-6-7-4-8(12)5-9-10(7)14-15-11(9)13/h2,4-5H,1,3,6H2,(H,14,15). The molecule has 0 radical (unpaired) electrons. The van der Waals surface area contributed by atoms with Gasteiger partial charge in [-0.05, 0) is 34.7 Å². The molecule has 0 amide bonds. The number of aromatic nitrogens is 2. The van der Waals surface area contributed by atoms with Crippen LogP contribution in [0.3, 0.4) is 0 Å². The number of nitrogens with one attached hydrogen (secondary N) is 1. The van der Waals surface area contributed by atoms with E-state index in [4.69, 9.17) is 4.74 Å². The minimum absolute atomic E-state index is 0.555. The van der Waals surface area contributed by atoms with Crippen molar-refractivity contribution >= 4 is 49.4 Å². The smallest absolute Gasteiger partial charge is 0.130 e. The van der Waals surface area contributed by atoms with Gasteiger partial charge in [0, 0.05) is 15.4 Å². The average Bonchev–Trinajstić information content (AvgIpc) is 2.61. The van der Waals surface area contributed by atoms with E-state index in [0.29, 0.717) is 13.2 Å². The van der Waals surface area contributed by atoms with Crippen LogP contribution in [0.25, 0.3) is 10.9 Å². The third kappa shape index (κ3) is 2.46. The summed E-state index contributed by atoms with van der Waals surface area (Å²) in [5.74, 6) is 0. The Morgan fingerprint density at radius 1 is 1.56 bits per heavy atom. The van der Waals surface area contributed by atoms with E-state index in [1.165, 1.54) is 0 Å². The lowest BCUT2D eigenvalue weighted by Crippen LogP contribution is -1.94. The maximum Gasteiger partial charge on any atom is 0.130 e. The van der Waals surface area contributed by atoms with Crippen molar-refractivity contribution in [2.45, 2.75) is 6.61 Å². The van der Waals surface area contributed by atoms with Crippen LogP contribution in [-0.2, 0) is 11.3 Å². The Morgan fingerprint density at radius 3 is 3.12 bits per heavy atom. The molecule has 0 saturated carbocycles. The van der Waals surface area contributed by atoms with Crippen LogP contribution >= 0.6 is 38.5 Å². The van der Waals surface area contributed by atoms with E-state index in [2.05, 4.69) is 61.4 Å². The van der Waals surface area contributed by atoms with Crippen LogP contribution in [0.15, 0.2) is 29.3 Å². The molecule has 3 nitrogen and oxygen atoms in total. The minimum atomic E-state index is 0.555. The van der Waals surface area contributed by atoms with E-state index < -0.39 is 0 Å². The third-order valence-corrected chi connectivity index (χ3v) is 3.45. The first-order valence-corrected chi connectivity index (χ1v) is 6.60. The summed E-state index contributed by atoms with van der Waals surface area (Å²) in [7, 11) is 0. The number of fused-ring (bicyclic) bond motifs is 1. The number of nitrogens with zero attached hydrogens (tertiary/aromatic N) is 1. The van der Waals surface area contributed by atoms with Gasteiger partial charge >= 0.3 is 0 Å². The van der Waals surface area contributed by atoms with Gasteiger partial charge in [-0.25, -0.2) is 0 Å². The fourth-order valence-corrected chi connectivity index (χ4v) is 2.54. The quantitative estimate of drug-likeness (QED) is 0.490. The fraction of sp³-hybridized carbons (Fsp3) is 0.182. The summed E-state index contributed by atoms with van der Waals surface area (Å²) in [6.07, 6.45) is 1.74. The lowest BCUT2D eigenvalue weighted by Gasteiger charge is -2.04. The highest BCUT2D eigenvalue weighted by atomic mass is 127. The molecule has 0 aliphatic heterocycles. The first kappa shape index (κ1) is 12.1. The predicted molar refractivity (Wildman–Crippen MR) is 76.4 cm³/mol. The van der Waals surface area contributed by atoms with Crippen LogP contribution in [0, 0.1) is 3.70 Å². The van der Waals surface area contributed by atoms with Crippen molar-refractivity contribution < 1.29 is 4.74 Å². The van der Waals surface area contributed by atoms with Crippen molar-refractivity contribution in [2.24, 2.45) is 0 Å². The predicted octanol–water partition coefficient (Wildman–Crippen LogP) is 3.63. The molecule has 0 saturated heterocycles. The molecule has 0 aliphatic carbocycles. The van der Waals surface area contributed by atoms with Gasteiger partial charge in [-0.1, -0.05) is 22.0 Å². The number of H-pyrrole nitrogens is 1. The van der Waals surface area contributed by atoms with Crippen molar-refractivity contribution in [2.75, 3.05) is 6.61 Å². The Morgan fingerprint density at radius 2 is 2.38 bits per heavy atom. The van der Waals surface area contributed by atoms with Gasteiger partial charge in [0.1, 0.15) is 3.70 Å². The van der Waals surface area contributed by atoms with E-state index in [1.54, 1.807) is 6.08 Å². The van der Waals surface area contributed by atoms with Gasteiger partial charge in [0.25, 0.3) is 0 Å². The van der Waals surface area contributed by atoms with Crippen LogP contribution in [0.2, 0.25) is 0 Å². The van der Waals surface area contributed by atoms with Crippen molar-refractivity contribution in [3.63, 3.8) is 0 Å². The van der Waals surface area contributed by atoms with E-state index in [1.807, 2.05) is 6.07 Å². The summed E-state index contributed by atoms with van der Waals surface area (Å²) in [6, 6.07) is 4.09. The van der Waals surface area contributed by atoms with Crippen LogP contribution < -0.4 is 0 Å². The van der Waals surface area contributed by atoms with Crippen molar-refractivity contribution in [3.05, 3.63) is 38.5 Å². The molecule has 2 aromatic rings. The molecule has 2 rings (SSSR count). The number of hydrogen-bond donors (Lipinski definition) is 1. The molecule has 0 unspecified atom stereocenters. The summed E-state index contributed by atoms with van der Waals surface area (Å²) >= 11 is 5.70. The molecule has 0 atom stereocenters. The summed E-state index contributed by atoms with van der Waals surface area (Å²) in [5.41, 5.74) is 2.14. The molecule has 0 fully saturated rings. The van der Waals surface area contributed by atoms with Gasteiger partial charge in [-0.15, -0.1) is 6.58 Å². The summed E-state index contributed by atoms with van der Waals surface area (Å²) in [4.78, 5) is 0. The molecule has 1 heterocycles. The molecule has 1 aromatic heterocycles. The maximum absolute atomic E-state index is 5.45. The second kappa shape index (κ2) is 5.29. The number of aromatic amines is 1. The number of rotatable bonds is 4. The number of halogens is 2. The lowest BCUT2D eigenvalue weighted by atomic mass is 10.1. The Hall–Kier alpha value is -0.400. The first-order valence-electron chi connectivity index (χ1n) is 4.73. The maximum atomic E-state index is 5.45. The van der Waals surface area contributed by atoms with Crippen LogP contribution in [-0.4, -0.2) is 16.8 Å². The summed E-state index contributed by atoms with van der Waals surface area (Å²) in [5, 5.41) is 8.34. The van der Waals surface area contributed by atoms with Gasteiger partial charge in [0.2, 0.25) is 0 Å². The Balaban J connectivity index is 2.39. The number of benzene rings is 1.